The van der Waals surface area contributed by atoms with Crippen LogP contribution in [0, 0.1) is 3.57 Å². The first-order valence-corrected chi connectivity index (χ1v) is 6.58. The molecule has 19 heavy (non-hydrogen) atoms. The van der Waals surface area contributed by atoms with Crippen LogP contribution in [0.3, 0.4) is 0 Å². The SMILES string of the molecule is CCOC(=O)c1cc(I)c(OC(F)(F)F)nc1CCl. The molecule has 0 amide bonds. The van der Waals surface area contributed by atoms with Crippen LogP contribution in [0.4, 0.5) is 13.2 Å². The van der Waals surface area contributed by atoms with E-state index in [-0.39, 0.29) is 27.3 Å². The van der Waals surface area contributed by atoms with E-state index < -0.39 is 18.2 Å². The van der Waals surface area contributed by atoms with Crippen molar-refractivity contribution in [3.8, 4) is 5.88 Å². The van der Waals surface area contributed by atoms with Crippen molar-refractivity contribution < 1.29 is 27.4 Å². The number of rotatable bonds is 4. The molecule has 0 spiro atoms. The maximum Gasteiger partial charge on any atom is 0.574 e. The average molecular weight is 410 g/mol. The van der Waals surface area contributed by atoms with Gasteiger partial charge in [-0.1, -0.05) is 0 Å². The van der Waals surface area contributed by atoms with Gasteiger partial charge in [-0.25, -0.2) is 9.78 Å². The molecule has 0 bridgehead atoms. The molecule has 0 saturated carbocycles. The number of nitrogens with zero attached hydrogens (tertiary/aromatic N) is 1. The summed E-state index contributed by atoms with van der Waals surface area (Å²) in [7, 11) is 0. The lowest BCUT2D eigenvalue weighted by Crippen LogP contribution is -2.20. The van der Waals surface area contributed by atoms with Crippen LogP contribution in [0.5, 0.6) is 5.88 Å². The summed E-state index contributed by atoms with van der Waals surface area (Å²) >= 11 is 7.14. The largest absolute Gasteiger partial charge is 0.574 e. The van der Waals surface area contributed by atoms with Crippen LogP contribution >= 0.6 is 34.2 Å². The molecule has 0 radical (unpaired) electrons. The normalized spacial score (nSPS) is 11.3. The summed E-state index contributed by atoms with van der Waals surface area (Å²) in [5.74, 6) is -1.57. The standard InChI is InChI=1S/C10H8ClF3INO3/c1-2-18-9(17)5-3-6(15)8(16-7(5)4-11)19-10(12,13)14/h3H,2,4H2,1H3. The Kier molecular flexibility index (Phi) is 5.65. The fourth-order valence-corrected chi connectivity index (χ4v) is 1.92. The fraction of sp³-hybridized carbons (Fsp3) is 0.400. The molecule has 9 heteroatoms. The molecule has 106 valence electrons. The summed E-state index contributed by atoms with van der Waals surface area (Å²) in [5, 5.41) is 0. The van der Waals surface area contributed by atoms with Crippen LogP contribution in [0.15, 0.2) is 6.07 Å². The van der Waals surface area contributed by atoms with Crippen LogP contribution in [0.25, 0.3) is 0 Å². The Labute approximate surface area is 125 Å². The number of ether oxygens (including phenoxy) is 2. The molecular formula is C10H8ClF3INO3. The molecule has 0 N–H and O–H groups in total. The number of alkyl halides is 4. The van der Waals surface area contributed by atoms with Gasteiger partial charge in [0, 0.05) is 0 Å². The topological polar surface area (TPSA) is 48.4 Å². The molecule has 0 fully saturated rings. The zero-order valence-corrected chi connectivity index (χ0v) is 12.5. The summed E-state index contributed by atoms with van der Waals surface area (Å²) in [6.07, 6.45) is -4.86. The van der Waals surface area contributed by atoms with Gasteiger partial charge >= 0.3 is 12.3 Å². The highest BCUT2D eigenvalue weighted by Crippen LogP contribution is 2.28. The summed E-state index contributed by atoms with van der Waals surface area (Å²) in [6, 6.07) is 1.20. The number of carbonyl (C=O) groups is 1. The second-order valence-corrected chi connectivity index (χ2v) is 4.60. The second kappa shape index (κ2) is 6.60. The van der Waals surface area contributed by atoms with Crippen molar-refractivity contribution in [2.75, 3.05) is 6.61 Å². The minimum absolute atomic E-state index is 0.0239. The highest BCUT2D eigenvalue weighted by atomic mass is 127. The fourth-order valence-electron chi connectivity index (χ4n) is 1.18. The van der Waals surface area contributed by atoms with E-state index in [1.165, 1.54) is 6.07 Å². The van der Waals surface area contributed by atoms with E-state index in [4.69, 9.17) is 16.3 Å². The summed E-state index contributed by atoms with van der Waals surface area (Å²) < 4.78 is 45.0. The van der Waals surface area contributed by atoms with Crippen LogP contribution in [0.1, 0.15) is 23.0 Å². The lowest BCUT2D eigenvalue weighted by Gasteiger charge is -2.12. The van der Waals surface area contributed by atoms with Gasteiger partial charge in [0.05, 0.1) is 27.3 Å². The summed E-state index contributed by atoms with van der Waals surface area (Å²) in [6.45, 7) is 1.75. The number of halogens is 5. The highest BCUT2D eigenvalue weighted by molar-refractivity contribution is 14.1. The van der Waals surface area contributed by atoms with Gasteiger partial charge in [-0.3, -0.25) is 0 Å². The van der Waals surface area contributed by atoms with Crippen molar-refractivity contribution in [2.45, 2.75) is 19.2 Å². The number of hydrogen-bond acceptors (Lipinski definition) is 4. The Morgan fingerprint density at radius 1 is 1.53 bits per heavy atom. The highest BCUT2D eigenvalue weighted by Gasteiger charge is 2.33. The van der Waals surface area contributed by atoms with Crippen molar-refractivity contribution >= 4 is 40.2 Å². The predicted octanol–water partition coefficient (Wildman–Crippen LogP) is 3.50. The summed E-state index contributed by atoms with van der Waals surface area (Å²) in [5.41, 5.74) is -0.00411. The predicted molar refractivity (Wildman–Crippen MR) is 69.2 cm³/mol. The minimum Gasteiger partial charge on any atom is -0.462 e. The Bertz CT molecular complexity index is 482. The van der Waals surface area contributed by atoms with Crippen LogP contribution in [-0.2, 0) is 10.6 Å². The Hall–Kier alpha value is -0.770. The van der Waals surface area contributed by atoms with Crippen molar-refractivity contribution in [2.24, 2.45) is 0 Å². The average Bonchev–Trinajstić information content (AvgIpc) is 2.29. The van der Waals surface area contributed by atoms with Gasteiger partial charge in [0.1, 0.15) is 0 Å². The van der Waals surface area contributed by atoms with Gasteiger partial charge in [-0.2, -0.15) is 0 Å². The maximum absolute atomic E-state index is 12.1. The molecule has 0 aliphatic heterocycles. The first-order valence-electron chi connectivity index (χ1n) is 4.96. The second-order valence-electron chi connectivity index (χ2n) is 3.17. The molecule has 1 aromatic heterocycles. The van der Waals surface area contributed by atoms with Crippen LogP contribution in [0.2, 0.25) is 0 Å². The Morgan fingerprint density at radius 3 is 2.63 bits per heavy atom. The number of aromatic nitrogens is 1. The van der Waals surface area contributed by atoms with Gasteiger partial charge < -0.3 is 9.47 Å². The minimum atomic E-state index is -4.86. The van der Waals surface area contributed by atoms with Gasteiger partial charge in [-0.15, -0.1) is 24.8 Å². The molecule has 1 heterocycles. The lowest BCUT2D eigenvalue weighted by atomic mass is 10.2. The third-order valence-corrected chi connectivity index (χ3v) is 2.88. The number of hydrogen-bond donors (Lipinski definition) is 0. The quantitative estimate of drug-likeness (QED) is 0.434. The van der Waals surface area contributed by atoms with E-state index in [0.29, 0.717) is 0 Å². The van der Waals surface area contributed by atoms with Crippen molar-refractivity contribution in [3.05, 3.63) is 20.9 Å². The van der Waals surface area contributed by atoms with E-state index in [2.05, 4.69) is 9.72 Å². The molecule has 0 aromatic carbocycles. The van der Waals surface area contributed by atoms with Gasteiger partial charge in [0.15, 0.2) is 0 Å². The number of pyridine rings is 1. The molecule has 0 unspecified atom stereocenters. The molecule has 1 rings (SSSR count). The molecule has 0 aliphatic carbocycles. The number of esters is 1. The maximum atomic E-state index is 12.1. The molecule has 1 aromatic rings. The Morgan fingerprint density at radius 2 is 2.16 bits per heavy atom. The lowest BCUT2D eigenvalue weighted by molar-refractivity contribution is -0.276. The first kappa shape index (κ1) is 16.3. The van der Waals surface area contributed by atoms with Crippen molar-refractivity contribution in [1.82, 2.24) is 4.98 Å². The molecular weight excluding hydrogens is 401 g/mol. The first-order chi connectivity index (χ1) is 8.78. The van der Waals surface area contributed by atoms with Gasteiger partial charge in [-0.05, 0) is 35.6 Å². The van der Waals surface area contributed by atoms with Crippen LogP contribution in [-0.4, -0.2) is 23.9 Å². The van der Waals surface area contributed by atoms with Crippen LogP contribution < -0.4 is 4.74 Å². The zero-order valence-electron chi connectivity index (χ0n) is 9.55. The van der Waals surface area contributed by atoms with E-state index in [9.17, 15) is 18.0 Å². The Balaban J connectivity index is 3.17. The third kappa shape index (κ3) is 4.68. The molecule has 0 saturated heterocycles. The molecule has 4 nitrogen and oxygen atoms in total. The molecule has 0 aliphatic rings. The number of carbonyl (C=O) groups excluding carboxylic acids is 1. The smallest absolute Gasteiger partial charge is 0.462 e. The van der Waals surface area contributed by atoms with Crippen molar-refractivity contribution in [3.63, 3.8) is 0 Å². The van der Waals surface area contributed by atoms with E-state index in [0.717, 1.165) is 0 Å². The van der Waals surface area contributed by atoms with Gasteiger partial charge in [0.25, 0.3) is 0 Å². The van der Waals surface area contributed by atoms with E-state index in [1.807, 2.05) is 0 Å². The van der Waals surface area contributed by atoms with E-state index >= 15 is 0 Å². The third-order valence-electron chi connectivity index (χ3n) is 1.86. The van der Waals surface area contributed by atoms with Crippen molar-refractivity contribution in [1.29, 1.82) is 0 Å². The zero-order chi connectivity index (χ0) is 14.6. The van der Waals surface area contributed by atoms with E-state index in [1.54, 1.807) is 29.5 Å². The summed E-state index contributed by atoms with van der Waals surface area (Å²) in [4.78, 5) is 15.2. The molecule has 0 atom stereocenters. The van der Waals surface area contributed by atoms with Gasteiger partial charge in [0.2, 0.25) is 5.88 Å². The monoisotopic (exact) mass is 409 g/mol.